The summed E-state index contributed by atoms with van der Waals surface area (Å²) in [7, 11) is 0. The molecule has 1 N–H and O–H groups in total. The Morgan fingerprint density at radius 2 is 2.29 bits per heavy atom. The number of pyridine rings is 1. The summed E-state index contributed by atoms with van der Waals surface area (Å²) in [5.41, 5.74) is 2.14. The molecule has 0 amide bonds. The topological polar surface area (TPSA) is 42.4 Å². The number of aliphatic hydroxyl groups is 1. The van der Waals surface area contributed by atoms with Crippen molar-refractivity contribution in [1.82, 2.24) is 4.98 Å². The molecule has 1 saturated heterocycles. The summed E-state index contributed by atoms with van der Waals surface area (Å²) in [6.45, 7) is 0.927. The van der Waals surface area contributed by atoms with Crippen LogP contribution in [0.4, 0.5) is 0 Å². The molecule has 3 nitrogen and oxygen atoms in total. The molecule has 2 aromatic rings. The lowest BCUT2D eigenvalue weighted by Crippen LogP contribution is -2.11. The van der Waals surface area contributed by atoms with Crippen molar-refractivity contribution in [2.24, 2.45) is 5.92 Å². The number of nitrogens with zero attached hydrogens (tertiary/aromatic N) is 1. The maximum Gasteiger partial charge on any atom is 0.0876 e. The van der Waals surface area contributed by atoms with Crippen LogP contribution >= 0.6 is 0 Å². The Hall–Kier alpha value is -1.45. The summed E-state index contributed by atoms with van der Waals surface area (Å²) in [6.07, 6.45) is 2.77. The number of fused-ring (bicyclic) bond motifs is 1. The summed E-state index contributed by atoms with van der Waals surface area (Å²) < 4.78 is 5.71. The Labute approximate surface area is 100 Å². The number of aliphatic hydroxyl groups excluding tert-OH is 1. The third kappa shape index (κ3) is 1.92. The fourth-order valence-corrected chi connectivity index (χ4v) is 2.46. The lowest BCUT2D eigenvalue weighted by molar-refractivity contribution is 0.0721. The lowest BCUT2D eigenvalue weighted by Gasteiger charge is -2.17. The largest absolute Gasteiger partial charge is 0.396 e. The molecule has 0 saturated carbocycles. The second-order valence-corrected chi connectivity index (χ2v) is 4.48. The number of benzene rings is 1. The Kier molecular flexibility index (Phi) is 2.79. The zero-order chi connectivity index (χ0) is 11.7. The van der Waals surface area contributed by atoms with E-state index in [9.17, 15) is 5.11 Å². The van der Waals surface area contributed by atoms with Gasteiger partial charge in [0.15, 0.2) is 0 Å². The molecule has 2 heterocycles. The van der Waals surface area contributed by atoms with Crippen LogP contribution in [0.25, 0.3) is 10.9 Å². The molecule has 0 spiro atoms. The normalized spacial score (nSPS) is 24.3. The van der Waals surface area contributed by atoms with Gasteiger partial charge in [0.1, 0.15) is 0 Å². The van der Waals surface area contributed by atoms with Gasteiger partial charge >= 0.3 is 0 Å². The summed E-state index contributed by atoms with van der Waals surface area (Å²) >= 11 is 0. The molecule has 1 aliphatic rings. The second-order valence-electron chi connectivity index (χ2n) is 4.48. The van der Waals surface area contributed by atoms with Crippen LogP contribution in [0.3, 0.4) is 0 Å². The van der Waals surface area contributed by atoms with Crippen molar-refractivity contribution in [2.75, 3.05) is 13.2 Å². The monoisotopic (exact) mass is 229 g/mol. The van der Waals surface area contributed by atoms with E-state index in [4.69, 9.17) is 4.74 Å². The van der Waals surface area contributed by atoms with E-state index in [1.165, 1.54) is 0 Å². The molecule has 88 valence electrons. The molecule has 1 fully saturated rings. The first-order valence-electron chi connectivity index (χ1n) is 5.95. The maximum absolute atomic E-state index is 9.32. The van der Waals surface area contributed by atoms with Gasteiger partial charge in [-0.05, 0) is 30.2 Å². The molecule has 0 aliphatic carbocycles. The van der Waals surface area contributed by atoms with Gasteiger partial charge in [0.05, 0.1) is 11.6 Å². The van der Waals surface area contributed by atoms with Crippen LogP contribution in [0.1, 0.15) is 18.1 Å². The molecule has 0 radical (unpaired) electrons. The van der Waals surface area contributed by atoms with E-state index < -0.39 is 0 Å². The van der Waals surface area contributed by atoms with Gasteiger partial charge in [-0.2, -0.15) is 0 Å². The minimum absolute atomic E-state index is 0.0320. The number of hydrogen-bond acceptors (Lipinski definition) is 3. The average Bonchev–Trinajstić information content (AvgIpc) is 2.86. The molecule has 1 aromatic carbocycles. The van der Waals surface area contributed by atoms with Crippen molar-refractivity contribution in [3.63, 3.8) is 0 Å². The predicted molar refractivity (Wildman–Crippen MR) is 65.6 cm³/mol. The highest BCUT2D eigenvalue weighted by molar-refractivity contribution is 5.79. The summed E-state index contributed by atoms with van der Waals surface area (Å²) in [5, 5.41) is 10.4. The van der Waals surface area contributed by atoms with Crippen LogP contribution < -0.4 is 0 Å². The minimum atomic E-state index is 0.0320. The van der Waals surface area contributed by atoms with E-state index >= 15 is 0 Å². The molecule has 1 aliphatic heterocycles. The van der Waals surface area contributed by atoms with E-state index in [1.54, 1.807) is 6.20 Å². The zero-order valence-corrected chi connectivity index (χ0v) is 9.54. The zero-order valence-electron chi connectivity index (χ0n) is 9.54. The number of hydrogen-bond donors (Lipinski definition) is 1. The lowest BCUT2D eigenvalue weighted by atomic mass is 9.95. The molecule has 3 rings (SSSR count). The summed E-state index contributed by atoms with van der Waals surface area (Å²) in [4.78, 5) is 4.30. The molecule has 17 heavy (non-hydrogen) atoms. The highest BCUT2D eigenvalue weighted by atomic mass is 16.5. The van der Waals surface area contributed by atoms with E-state index in [0.717, 1.165) is 29.5 Å². The quantitative estimate of drug-likeness (QED) is 0.859. The predicted octanol–water partition coefficient (Wildman–Crippen LogP) is 2.30. The Morgan fingerprint density at radius 1 is 1.35 bits per heavy atom. The highest BCUT2D eigenvalue weighted by Crippen LogP contribution is 2.35. The average molecular weight is 229 g/mol. The van der Waals surface area contributed by atoms with Crippen molar-refractivity contribution in [2.45, 2.75) is 12.5 Å². The number of aromatic nitrogens is 1. The molecule has 2 atom stereocenters. The number of rotatable bonds is 2. The van der Waals surface area contributed by atoms with E-state index in [0.29, 0.717) is 0 Å². The molecular weight excluding hydrogens is 214 g/mol. The van der Waals surface area contributed by atoms with Crippen LogP contribution in [0.5, 0.6) is 0 Å². The SMILES string of the molecule is OCC1CCOC1c1ccc2ncccc2c1. The van der Waals surface area contributed by atoms with E-state index in [-0.39, 0.29) is 18.6 Å². The van der Waals surface area contributed by atoms with Crippen LogP contribution in [-0.4, -0.2) is 23.3 Å². The minimum Gasteiger partial charge on any atom is -0.396 e. The van der Waals surface area contributed by atoms with Crippen molar-refractivity contribution >= 4 is 10.9 Å². The first-order chi connectivity index (χ1) is 8.38. The summed E-state index contributed by atoms with van der Waals surface area (Å²) in [6, 6.07) is 10.2. The van der Waals surface area contributed by atoms with Crippen LogP contribution in [0, 0.1) is 5.92 Å². The first kappa shape index (κ1) is 10.7. The molecule has 2 unspecified atom stereocenters. The third-order valence-electron chi connectivity index (χ3n) is 3.40. The Balaban J connectivity index is 2.00. The molecule has 1 aromatic heterocycles. The van der Waals surface area contributed by atoms with Gasteiger partial charge in [-0.15, -0.1) is 0 Å². The Bertz CT molecular complexity index is 526. The van der Waals surface area contributed by atoms with Gasteiger partial charge in [-0.25, -0.2) is 0 Å². The van der Waals surface area contributed by atoms with Crippen LogP contribution in [0.15, 0.2) is 36.5 Å². The first-order valence-corrected chi connectivity index (χ1v) is 5.95. The van der Waals surface area contributed by atoms with Gasteiger partial charge < -0.3 is 9.84 Å². The summed E-state index contributed by atoms with van der Waals surface area (Å²) in [5.74, 6) is 0.226. The molecular formula is C14H15NO2. The van der Waals surface area contributed by atoms with Gasteiger partial charge in [-0.3, -0.25) is 4.98 Å². The molecule has 3 heteroatoms. The maximum atomic E-state index is 9.32. The standard InChI is InChI=1S/C14H15NO2/c16-9-12-5-7-17-14(12)11-3-4-13-10(8-11)2-1-6-15-13/h1-4,6,8,12,14,16H,5,7,9H2. The fourth-order valence-electron chi connectivity index (χ4n) is 2.46. The van der Waals surface area contributed by atoms with Crippen molar-refractivity contribution in [3.8, 4) is 0 Å². The fraction of sp³-hybridized carbons (Fsp3) is 0.357. The van der Waals surface area contributed by atoms with Gasteiger partial charge in [0.2, 0.25) is 0 Å². The van der Waals surface area contributed by atoms with Crippen LogP contribution in [-0.2, 0) is 4.74 Å². The Morgan fingerprint density at radius 3 is 3.18 bits per heavy atom. The highest BCUT2D eigenvalue weighted by Gasteiger charge is 2.28. The third-order valence-corrected chi connectivity index (χ3v) is 3.40. The van der Waals surface area contributed by atoms with Gasteiger partial charge in [-0.1, -0.05) is 12.1 Å². The smallest absolute Gasteiger partial charge is 0.0876 e. The van der Waals surface area contributed by atoms with Gasteiger partial charge in [0.25, 0.3) is 0 Å². The van der Waals surface area contributed by atoms with Crippen LogP contribution in [0.2, 0.25) is 0 Å². The van der Waals surface area contributed by atoms with E-state index in [2.05, 4.69) is 17.1 Å². The van der Waals surface area contributed by atoms with Crippen molar-refractivity contribution in [1.29, 1.82) is 0 Å². The van der Waals surface area contributed by atoms with E-state index in [1.807, 2.05) is 18.2 Å². The number of ether oxygens (including phenoxy) is 1. The van der Waals surface area contributed by atoms with Crippen molar-refractivity contribution in [3.05, 3.63) is 42.1 Å². The van der Waals surface area contributed by atoms with Crippen molar-refractivity contribution < 1.29 is 9.84 Å². The van der Waals surface area contributed by atoms with Gasteiger partial charge in [0, 0.05) is 30.7 Å². The molecule has 0 bridgehead atoms. The second kappa shape index (κ2) is 4.43.